The average Bonchev–Trinajstić information content (AvgIpc) is 2.13. The maximum atomic E-state index is 8.30. The van der Waals surface area contributed by atoms with Gasteiger partial charge >= 0.3 is 0 Å². The van der Waals surface area contributed by atoms with Crippen molar-refractivity contribution in [1.29, 1.82) is 5.26 Å². The minimum atomic E-state index is -0.345. The van der Waals surface area contributed by atoms with Crippen molar-refractivity contribution < 1.29 is 0 Å². The van der Waals surface area contributed by atoms with E-state index < -0.39 is 0 Å². The zero-order chi connectivity index (χ0) is 13.6. The molecule has 4 heteroatoms. The molecule has 2 unspecified atom stereocenters. The van der Waals surface area contributed by atoms with Crippen LogP contribution in [0.3, 0.4) is 0 Å². The number of nitrogens with zero attached hydrogens (tertiary/aromatic N) is 1. The average molecular weight is 228 g/mol. The summed E-state index contributed by atoms with van der Waals surface area (Å²) in [4.78, 5) is 0. The lowest BCUT2D eigenvalue weighted by molar-refractivity contribution is 0.326. The molecule has 0 aliphatic heterocycles. The molecule has 0 amide bonds. The molecule has 0 aromatic rings. The highest BCUT2D eigenvalue weighted by molar-refractivity contribution is 4.94. The van der Waals surface area contributed by atoms with Gasteiger partial charge in [0.1, 0.15) is 0 Å². The second-order valence-corrected chi connectivity index (χ2v) is 6.18. The van der Waals surface area contributed by atoms with Gasteiger partial charge in [0.25, 0.3) is 0 Å². The van der Waals surface area contributed by atoms with Crippen LogP contribution in [0.1, 0.15) is 41.5 Å². The summed E-state index contributed by atoms with van der Waals surface area (Å²) in [6, 6.07) is 1.77. The molecule has 4 nitrogen and oxygen atoms in total. The molecule has 0 saturated carbocycles. The van der Waals surface area contributed by atoms with Crippen LogP contribution in [0.5, 0.6) is 0 Å². The Morgan fingerprint density at radius 1 is 1.00 bits per heavy atom. The lowest BCUT2D eigenvalue weighted by Crippen LogP contribution is -2.41. The Morgan fingerprint density at radius 3 is 1.38 bits per heavy atom. The van der Waals surface area contributed by atoms with E-state index in [1.807, 2.05) is 26.8 Å². The number of hydrogen-bond acceptors (Lipinski definition) is 4. The lowest BCUT2D eigenvalue weighted by atomic mass is 9.88. The van der Waals surface area contributed by atoms with Gasteiger partial charge in [-0.2, -0.15) is 5.26 Å². The Hall–Kier alpha value is -0.630. The van der Waals surface area contributed by atoms with Gasteiger partial charge < -0.3 is 17.2 Å². The summed E-state index contributed by atoms with van der Waals surface area (Å²) in [5.41, 5.74) is 16.4. The smallest absolute Gasteiger partial charge is 0.0976 e. The molecule has 0 heterocycles. The Balaban J connectivity index is 0. The van der Waals surface area contributed by atoms with Crippen LogP contribution in [0.4, 0.5) is 0 Å². The second-order valence-electron chi connectivity index (χ2n) is 6.18. The van der Waals surface area contributed by atoms with Crippen molar-refractivity contribution in [1.82, 2.24) is 0 Å². The van der Waals surface area contributed by atoms with Gasteiger partial charge in [-0.1, -0.05) is 41.5 Å². The van der Waals surface area contributed by atoms with E-state index in [0.29, 0.717) is 6.54 Å². The van der Waals surface area contributed by atoms with E-state index >= 15 is 0 Å². The molecule has 0 aromatic heterocycles. The number of nitriles is 1. The summed E-state index contributed by atoms with van der Waals surface area (Å²) in [5, 5.41) is 8.30. The topological polar surface area (TPSA) is 102 Å². The van der Waals surface area contributed by atoms with Crippen LogP contribution < -0.4 is 17.2 Å². The SMILES string of the molecule is CC(C)(C)C(N)C#N.CC(C)(C)C(N)CN. The molecule has 96 valence electrons. The summed E-state index contributed by atoms with van der Waals surface area (Å²) in [5.74, 6) is 0. The van der Waals surface area contributed by atoms with Crippen molar-refractivity contribution in [3.05, 3.63) is 0 Å². The van der Waals surface area contributed by atoms with Crippen LogP contribution in [0.15, 0.2) is 0 Å². The molecule has 0 aliphatic carbocycles. The van der Waals surface area contributed by atoms with Crippen LogP contribution in [-0.2, 0) is 0 Å². The van der Waals surface area contributed by atoms with Crippen LogP contribution in [0.2, 0.25) is 0 Å². The zero-order valence-electron chi connectivity index (χ0n) is 11.5. The molecule has 0 radical (unpaired) electrons. The summed E-state index contributed by atoms with van der Waals surface area (Å²) in [6.45, 7) is 12.7. The van der Waals surface area contributed by atoms with Crippen molar-refractivity contribution in [2.24, 2.45) is 28.0 Å². The maximum Gasteiger partial charge on any atom is 0.0976 e. The molecule has 6 N–H and O–H groups in total. The van der Waals surface area contributed by atoms with Crippen LogP contribution in [0.25, 0.3) is 0 Å². The summed E-state index contributed by atoms with van der Waals surface area (Å²) >= 11 is 0. The first-order valence-electron chi connectivity index (χ1n) is 5.57. The van der Waals surface area contributed by atoms with E-state index in [2.05, 4.69) is 20.8 Å². The third kappa shape index (κ3) is 8.66. The van der Waals surface area contributed by atoms with E-state index in [4.69, 9.17) is 22.5 Å². The van der Waals surface area contributed by atoms with Gasteiger partial charge in [0, 0.05) is 12.6 Å². The molecule has 0 rings (SSSR count). The minimum Gasteiger partial charge on any atom is -0.329 e. The van der Waals surface area contributed by atoms with Crippen LogP contribution in [-0.4, -0.2) is 18.6 Å². The molecule has 0 saturated heterocycles. The van der Waals surface area contributed by atoms with Crippen LogP contribution >= 0.6 is 0 Å². The molecule has 16 heavy (non-hydrogen) atoms. The zero-order valence-corrected chi connectivity index (χ0v) is 11.5. The van der Waals surface area contributed by atoms with Gasteiger partial charge in [0.05, 0.1) is 12.1 Å². The summed E-state index contributed by atoms with van der Waals surface area (Å²) in [6.07, 6.45) is 0. The van der Waals surface area contributed by atoms with Gasteiger partial charge in [-0.3, -0.25) is 0 Å². The van der Waals surface area contributed by atoms with Crippen molar-refractivity contribution in [3.63, 3.8) is 0 Å². The predicted octanol–water partition coefficient (Wildman–Crippen LogP) is 1.20. The maximum absolute atomic E-state index is 8.30. The van der Waals surface area contributed by atoms with E-state index in [1.165, 1.54) is 0 Å². The normalized spacial score (nSPS) is 15.5. The molecule has 0 fully saturated rings. The lowest BCUT2D eigenvalue weighted by Gasteiger charge is -2.25. The van der Waals surface area contributed by atoms with Crippen molar-refractivity contribution in [2.75, 3.05) is 6.54 Å². The minimum absolute atomic E-state index is 0.0747. The number of rotatable bonds is 1. The van der Waals surface area contributed by atoms with Crippen molar-refractivity contribution in [3.8, 4) is 6.07 Å². The van der Waals surface area contributed by atoms with Gasteiger partial charge in [-0.25, -0.2) is 0 Å². The highest BCUT2D eigenvalue weighted by atomic mass is 14.7. The van der Waals surface area contributed by atoms with Gasteiger partial charge in [-0.05, 0) is 10.8 Å². The third-order valence-corrected chi connectivity index (χ3v) is 2.44. The molecule has 2 atom stereocenters. The number of hydrogen-bond donors (Lipinski definition) is 3. The highest BCUT2D eigenvalue weighted by Crippen LogP contribution is 2.16. The first kappa shape index (κ1) is 17.8. The molecule has 0 spiro atoms. The third-order valence-electron chi connectivity index (χ3n) is 2.44. The van der Waals surface area contributed by atoms with E-state index in [9.17, 15) is 0 Å². The Morgan fingerprint density at radius 2 is 1.38 bits per heavy atom. The van der Waals surface area contributed by atoms with Gasteiger partial charge in [0.15, 0.2) is 0 Å². The predicted molar refractivity (Wildman–Crippen MR) is 69.5 cm³/mol. The molecule has 0 aromatic carbocycles. The van der Waals surface area contributed by atoms with E-state index in [-0.39, 0.29) is 22.9 Å². The molecular weight excluding hydrogens is 200 g/mol. The highest BCUT2D eigenvalue weighted by Gasteiger charge is 2.19. The summed E-state index contributed by atoms with van der Waals surface area (Å²) in [7, 11) is 0. The molecule has 0 aliphatic rings. The fraction of sp³-hybridized carbons (Fsp3) is 0.917. The van der Waals surface area contributed by atoms with Crippen molar-refractivity contribution >= 4 is 0 Å². The fourth-order valence-corrected chi connectivity index (χ4v) is 0.547. The monoisotopic (exact) mass is 228 g/mol. The largest absolute Gasteiger partial charge is 0.329 e. The fourth-order valence-electron chi connectivity index (χ4n) is 0.547. The number of nitrogens with two attached hydrogens (primary N) is 3. The van der Waals surface area contributed by atoms with Crippen LogP contribution in [0, 0.1) is 22.2 Å². The second kappa shape index (κ2) is 6.85. The van der Waals surface area contributed by atoms with E-state index in [0.717, 1.165) is 0 Å². The molecular formula is C12H28N4. The van der Waals surface area contributed by atoms with Crippen molar-refractivity contribution in [2.45, 2.75) is 53.6 Å². The van der Waals surface area contributed by atoms with E-state index in [1.54, 1.807) is 0 Å². The van der Waals surface area contributed by atoms with Gasteiger partial charge in [-0.15, -0.1) is 0 Å². The first-order chi connectivity index (χ1) is 6.96. The standard InChI is InChI=1S/C6H16N2.C6H12N2/c2*1-6(2,3)5(8)4-7/h5H,4,7-8H2,1-3H3;5H,8H2,1-3H3. The first-order valence-corrected chi connectivity index (χ1v) is 5.57. The summed E-state index contributed by atoms with van der Waals surface area (Å²) < 4.78 is 0. The van der Waals surface area contributed by atoms with Gasteiger partial charge in [0.2, 0.25) is 0 Å². The molecule has 0 bridgehead atoms. The Bertz CT molecular complexity index is 217. The Labute approximate surface area is 100 Å². The quantitative estimate of drug-likeness (QED) is 0.627. The Kier molecular flexibility index (Phi) is 7.60.